The maximum atomic E-state index is 13.7. The molecule has 0 spiro atoms. The second-order valence-electron chi connectivity index (χ2n) is 8.73. The van der Waals surface area contributed by atoms with Crippen LogP contribution in [-0.4, -0.2) is 63.5 Å². The van der Waals surface area contributed by atoms with E-state index in [1.165, 1.54) is 30.0 Å². The minimum atomic E-state index is -0.471. The molecule has 1 saturated heterocycles. The third kappa shape index (κ3) is 5.84. The van der Waals surface area contributed by atoms with Gasteiger partial charge in [0.2, 0.25) is 5.91 Å². The van der Waals surface area contributed by atoms with Crippen LogP contribution in [0.2, 0.25) is 0 Å². The van der Waals surface area contributed by atoms with E-state index < -0.39 is 6.10 Å². The topological polar surface area (TPSA) is 99.5 Å². The number of anilines is 1. The number of nitrogens with one attached hydrogen (secondary N) is 2. The van der Waals surface area contributed by atoms with Gasteiger partial charge in [0.15, 0.2) is 0 Å². The maximum Gasteiger partial charge on any atom is 0.251 e. The molecule has 0 bridgehead atoms. The zero-order valence-electron chi connectivity index (χ0n) is 18.9. The number of aromatic nitrogens is 2. The normalized spacial score (nSPS) is 19.9. The quantitative estimate of drug-likeness (QED) is 0.439. The number of halogens is 2. The number of benzene rings is 1. The predicted molar refractivity (Wildman–Crippen MR) is 137 cm³/mol. The number of rotatable bonds is 7. The molecular formula is C24H27ClFN5O3S. The number of fused-ring (bicyclic) bond motifs is 2. The van der Waals surface area contributed by atoms with Crippen molar-refractivity contribution < 1.29 is 14.3 Å². The Morgan fingerprint density at radius 1 is 1.14 bits per heavy atom. The summed E-state index contributed by atoms with van der Waals surface area (Å²) < 4.78 is 15.3. The number of likely N-dealkylation sites (tertiary alicyclic amines) is 1. The van der Waals surface area contributed by atoms with Crippen LogP contribution in [-0.2, 0) is 17.9 Å². The van der Waals surface area contributed by atoms with Crippen LogP contribution in [0, 0.1) is 11.7 Å². The summed E-state index contributed by atoms with van der Waals surface area (Å²) in [7, 11) is 0. The number of β-amino-alcohol motifs (C(OH)–C–C–N with tert-alkyl or cyclic N) is 1. The zero-order valence-corrected chi connectivity index (χ0v) is 20.6. The average Bonchev–Trinajstić information content (AvgIpc) is 3.17. The number of carbonyl (C=O) groups excluding carboxylic acids is 1. The van der Waals surface area contributed by atoms with Crippen LogP contribution >= 0.6 is 24.2 Å². The molecule has 0 aliphatic carbocycles. The molecule has 1 amide bonds. The number of carbonyl (C=O) groups is 1. The number of nitrogens with zero attached hydrogens (tertiary/aromatic N) is 3. The van der Waals surface area contributed by atoms with Gasteiger partial charge in [-0.1, -0.05) is 0 Å². The Morgan fingerprint density at radius 2 is 1.97 bits per heavy atom. The van der Waals surface area contributed by atoms with Gasteiger partial charge in [0, 0.05) is 51.3 Å². The van der Waals surface area contributed by atoms with E-state index in [4.69, 9.17) is 0 Å². The molecule has 2 atom stereocenters. The van der Waals surface area contributed by atoms with Crippen LogP contribution in [0.1, 0.15) is 5.69 Å². The highest BCUT2D eigenvalue weighted by Gasteiger charge is 2.30. The molecule has 2 aliphatic rings. The van der Waals surface area contributed by atoms with Crippen molar-refractivity contribution in [3.8, 4) is 0 Å². The van der Waals surface area contributed by atoms with E-state index in [1.807, 2.05) is 12.1 Å². The second kappa shape index (κ2) is 11.0. The summed E-state index contributed by atoms with van der Waals surface area (Å²) in [6, 6.07) is 11.6. The molecule has 0 unspecified atom stereocenters. The minimum Gasteiger partial charge on any atom is -0.391 e. The van der Waals surface area contributed by atoms with E-state index in [1.54, 1.807) is 16.7 Å². The fourth-order valence-electron chi connectivity index (χ4n) is 4.55. The lowest BCUT2D eigenvalue weighted by molar-refractivity contribution is -0.113. The summed E-state index contributed by atoms with van der Waals surface area (Å²) in [5.41, 5.74) is 1.24. The van der Waals surface area contributed by atoms with Gasteiger partial charge in [0.1, 0.15) is 11.6 Å². The predicted octanol–water partition coefficient (Wildman–Crippen LogP) is 2.08. The highest BCUT2D eigenvalue weighted by molar-refractivity contribution is 8.00. The third-order valence-electron chi connectivity index (χ3n) is 6.32. The number of hydrogen-bond donors (Lipinski definition) is 3. The summed E-state index contributed by atoms with van der Waals surface area (Å²) in [5, 5.41) is 17.5. The lowest BCUT2D eigenvalue weighted by Gasteiger charge is -2.18. The molecule has 2 aromatic heterocycles. The monoisotopic (exact) mass is 519 g/mol. The van der Waals surface area contributed by atoms with Gasteiger partial charge in [0.25, 0.3) is 5.56 Å². The number of thioether (sulfide) groups is 1. The molecule has 2 aliphatic heterocycles. The molecule has 5 rings (SSSR count). The summed E-state index contributed by atoms with van der Waals surface area (Å²) in [6.07, 6.45) is -0.471. The van der Waals surface area contributed by atoms with Crippen molar-refractivity contribution >= 4 is 46.8 Å². The molecule has 8 nitrogen and oxygen atoms in total. The molecule has 0 saturated carbocycles. The van der Waals surface area contributed by atoms with Gasteiger partial charge in [-0.3, -0.25) is 14.5 Å². The van der Waals surface area contributed by atoms with Gasteiger partial charge in [-0.05, 0) is 41.8 Å². The van der Waals surface area contributed by atoms with Crippen molar-refractivity contribution in [2.75, 3.05) is 37.2 Å². The van der Waals surface area contributed by atoms with Gasteiger partial charge < -0.3 is 20.3 Å². The summed E-state index contributed by atoms with van der Waals surface area (Å²) >= 11 is 1.48. The van der Waals surface area contributed by atoms with Crippen LogP contribution in [0.25, 0.3) is 10.9 Å². The van der Waals surface area contributed by atoms with E-state index >= 15 is 0 Å². The minimum absolute atomic E-state index is 0. The Hall–Kier alpha value is -2.50. The molecule has 3 N–H and O–H groups in total. The van der Waals surface area contributed by atoms with Gasteiger partial charge in [-0.25, -0.2) is 9.37 Å². The van der Waals surface area contributed by atoms with Crippen molar-refractivity contribution in [1.29, 1.82) is 0 Å². The Morgan fingerprint density at radius 3 is 2.83 bits per heavy atom. The summed E-state index contributed by atoms with van der Waals surface area (Å²) in [4.78, 5) is 31.6. The van der Waals surface area contributed by atoms with Gasteiger partial charge in [-0.15, -0.1) is 24.2 Å². The third-order valence-corrected chi connectivity index (χ3v) is 7.37. The van der Waals surface area contributed by atoms with Crippen LogP contribution < -0.4 is 16.2 Å². The lowest BCUT2D eigenvalue weighted by Crippen LogP contribution is -2.31. The SMILES string of the molecule is Cl.O=C1CSc2ccc(CNC[C@H]3CN(CCn4c(=O)ccc5ccc(F)cc54)C[C@H]3O)nc2N1. The van der Waals surface area contributed by atoms with E-state index in [0.717, 1.165) is 16.0 Å². The molecule has 186 valence electrons. The average molecular weight is 520 g/mol. The molecule has 4 heterocycles. The molecule has 35 heavy (non-hydrogen) atoms. The molecular weight excluding hydrogens is 493 g/mol. The van der Waals surface area contributed by atoms with Gasteiger partial charge in [0.05, 0.1) is 28.0 Å². The second-order valence-corrected chi connectivity index (χ2v) is 9.75. The summed E-state index contributed by atoms with van der Waals surface area (Å²) in [5.74, 6) is 0.657. The Labute approximate surface area is 212 Å². The fraction of sp³-hybridized carbons (Fsp3) is 0.375. The van der Waals surface area contributed by atoms with Crippen molar-refractivity contribution in [2.24, 2.45) is 5.92 Å². The highest BCUT2D eigenvalue weighted by atomic mass is 35.5. The zero-order chi connectivity index (χ0) is 23.7. The van der Waals surface area contributed by atoms with Crippen LogP contribution in [0.5, 0.6) is 0 Å². The van der Waals surface area contributed by atoms with Crippen molar-refractivity contribution in [3.05, 3.63) is 64.3 Å². The fourth-order valence-corrected chi connectivity index (χ4v) is 5.30. The number of pyridine rings is 2. The van der Waals surface area contributed by atoms with Crippen LogP contribution in [0.3, 0.4) is 0 Å². The van der Waals surface area contributed by atoms with E-state index in [9.17, 15) is 19.1 Å². The smallest absolute Gasteiger partial charge is 0.251 e. The molecule has 0 radical (unpaired) electrons. The Kier molecular flexibility index (Phi) is 8.08. The number of aliphatic hydroxyl groups is 1. The standard InChI is InChI=1S/C24H26FN5O3S.ClH/c25-17-3-1-15-2-6-23(33)30(19(15)9-17)8-7-29-12-16(20(31)13-29)10-26-11-18-4-5-21-24(27-18)28-22(32)14-34-21;/h1-6,9,16,20,26,31H,7-8,10-14H2,(H,27,28,32);1H/t16-,20+;/m0./s1. The van der Waals surface area contributed by atoms with Gasteiger partial charge in [-0.2, -0.15) is 0 Å². The Bertz CT molecular complexity index is 1290. The van der Waals surface area contributed by atoms with Crippen LogP contribution in [0.15, 0.2) is 52.2 Å². The van der Waals surface area contributed by atoms with Gasteiger partial charge >= 0.3 is 0 Å². The van der Waals surface area contributed by atoms with Crippen molar-refractivity contribution in [3.63, 3.8) is 0 Å². The lowest BCUT2D eigenvalue weighted by atomic mass is 10.1. The first-order valence-electron chi connectivity index (χ1n) is 11.3. The largest absolute Gasteiger partial charge is 0.391 e. The molecule has 3 aromatic rings. The number of amides is 1. The first-order chi connectivity index (χ1) is 16.5. The van der Waals surface area contributed by atoms with E-state index in [0.29, 0.717) is 56.4 Å². The maximum absolute atomic E-state index is 13.7. The first kappa shape index (κ1) is 25.6. The molecule has 1 fully saturated rings. The molecule has 1 aromatic carbocycles. The Balaban J connectivity index is 0.00000289. The highest BCUT2D eigenvalue weighted by Crippen LogP contribution is 2.29. The first-order valence-corrected chi connectivity index (χ1v) is 12.3. The molecule has 11 heteroatoms. The number of aliphatic hydroxyl groups excluding tert-OH is 1. The van der Waals surface area contributed by atoms with Crippen molar-refractivity contribution in [1.82, 2.24) is 19.8 Å². The van der Waals surface area contributed by atoms with E-state index in [2.05, 4.69) is 20.5 Å². The number of hydrogen-bond acceptors (Lipinski definition) is 7. The van der Waals surface area contributed by atoms with E-state index in [-0.39, 0.29) is 35.6 Å². The van der Waals surface area contributed by atoms with Crippen LogP contribution in [0.4, 0.5) is 10.2 Å². The van der Waals surface area contributed by atoms with Crippen molar-refractivity contribution in [2.45, 2.75) is 24.1 Å². The summed E-state index contributed by atoms with van der Waals surface area (Å²) in [6.45, 7) is 3.40.